The molecule has 3 aromatic rings. The van der Waals surface area contributed by atoms with Crippen LogP contribution in [0.4, 0.5) is 5.82 Å². The first kappa shape index (κ1) is 28.8. The summed E-state index contributed by atoms with van der Waals surface area (Å²) in [6.07, 6.45) is 2.56. The number of aliphatic imine (C=N–C) groups is 2. The van der Waals surface area contributed by atoms with Gasteiger partial charge in [-0.05, 0) is 51.9 Å². The summed E-state index contributed by atoms with van der Waals surface area (Å²) < 4.78 is 13.0. The van der Waals surface area contributed by atoms with E-state index in [9.17, 15) is 4.79 Å². The molecule has 0 aliphatic carbocycles. The number of methoxy groups -OCH3 is 1. The van der Waals surface area contributed by atoms with Crippen LogP contribution in [-0.2, 0) is 16.1 Å². The number of imidazole rings is 1. The first-order valence-corrected chi connectivity index (χ1v) is 12.9. The Hall–Kier alpha value is -4.20. The van der Waals surface area contributed by atoms with Crippen LogP contribution >= 0.6 is 0 Å². The molecule has 1 aliphatic heterocycles. The summed E-state index contributed by atoms with van der Waals surface area (Å²) in [7, 11) is 3.54. The Morgan fingerprint density at radius 3 is 2.60 bits per heavy atom. The van der Waals surface area contributed by atoms with Gasteiger partial charge in [0, 0.05) is 37.1 Å². The normalized spacial score (nSPS) is 14.5. The first-order chi connectivity index (χ1) is 19.4. The lowest BCUT2D eigenvalue weighted by molar-refractivity contribution is -0.124. The summed E-state index contributed by atoms with van der Waals surface area (Å²) in [5.41, 5.74) is 4.03. The van der Waals surface area contributed by atoms with Gasteiger partial charge in [-0.2, -0.15) is 0 Å². The molecule has 1 aliphatic rings. The Labute approximate surface area is 232 Å². The summed E-state index contributed by atoms with van der Waals surface area (Å²) in [5, 5.41) is 8.91. The van der Waals surface area contributed by atoms with Crippen LogP contribution in [0, 0.1) is 0 Å². The Balaban J connectivity index is 1.71. The molecule has 0 unspecified atom stereocenters. The van der Waals surface area contributed by atoms with Gasteiger partial charge < -0.3 is 18.9 Å². The fraction of sp³-hybridized carbons (Fsp3) is 0.407. The maximum Gasteiger partial charge on any atom is 0.277 e. The van der Waals surface area contributed by atoms with Crippen LogP contribution in [0.5, 0.6) is 5.75 Å². The standard InChI is InChI=1S/C27H35N9O4/c1-18(2)36-22(16-34(4)17-29-15-20(14-28-3)27(37)33-38)30-23-25(35-10-12-40-13-11-35)31-24(32-26(23)36)19-6-8-21(39-5)9-7-19/h6-9,14-15,18,38H,3,10-13,16-17H2,1-2,4-5H3,(H,33,37)/b20-14+,29-15?. The van der Waals surface area contributed by atoms with E-state index in [4.69, 9.17) is 29.6 Å². The van der Waals surface area contributed by atoms with Crippen molar-refractivity contribution in [1.82, 2.24) is 29.9 Å². The second-order valence-corrected chi connectivity index (χ2v) is 9.54. The third kappa shape index (κ3) is 6.50. The van der Waals surface area contributed by atoms with Gasteiger partial charge in [0.2, 0.25) is 0 Å². The number of nitrogens with one attached hydrogen (secondary N) is 1. The van der Waals surface area contributed by atoms with E-state index in [0.717, 1.165) is 34.1 Å². The molecular weight excluding hydrogens is 514 g/mol. The van der Waals surface area contributed by atoms with E-state index in [1.54, 1.807) is 12.6 Å². The van der Waals surface area contributed by atoms with Gasteiger partial charge in [0.25, 0.3) is 5.91 Å². The minimum Gasteiger partial charge on any atom is -0.497 e. The monoisotopic (exact) mass is 549 g/mol. The number of carbonyl (C=O) groups excluding carboxylic acids is 1. The highest BCUT2D eigenvalue weighted by Crippen LogP contribution is 2.31. The number of rotatable bonds is 11. The van der Waals surface area contributed by atoms with Gasteiger partial charge in [-0.3, -0.25) is 24.9 Å². The summed E-state index contributed by atoms with van der Waals surface area (Å²) in [4.78, 5) is 38.8. The third-order valence-corrected chi connectivity index (χ3v) is 6.33. The number of hydrogen-bond acceptors (Lipinski definition) is 11. The topological polar surface area (TPSA) is 143 Å². The molecular formula is C27H35N9O4. The minimum atomic E-state index is -0.720. The Morgan fingerprint density at radius 1 is 1.25 bits per heavy atom. The molecule has 1 saturated heterocycles. The van der Waals surface area contributed by atoms with Crippen molar-refractivity contribution in [1.29, 1.82) is 0 Å². The molecule has 1 aromatic carbocycles. The van der Waals surface area contributed by atoms with Crippen molar-refractivity contribution in [2.75, 3.05) is 52.0 Å². The number of fused-ring (bicyclic) bond motifs is 1. The van der Waals surface area contributed by atoms with E-state index in [1.807, 2.05) is 36.2 Å². The Bertz CT molecular complexity index is 1390. The van der Waals surface area contributed by atoms with Crippen LogP contribution in [0.2, 0.25) is 0 Å². The maximum absolute atomic E-state index is 11.7. The largest absolute Gasteiger partial charge is 0.497 e. The van der Waals surface area contributed by atoms with Gasteiger partial charge in [0.05, 0.1) is 39.1 Å². The average molecular weight is 550 g/mol. The predicted molar refractivity (Wildman–Crippen MR) is 153 cm³/mol. The fourth-order valence-corrected chi connectivity index (χ4v) is 4.41. The molecule has 13 heteroatoms. The molecule has 0 spiro atoms. The number of anilines is 1. The first-order valence-electron chi connectivity index (χ1n) is 12.9. The van der Waals surface area contributed by atoms with Gasteiger partial charge in [-0.1, -0.05) is 0 Å². The number of hydroxylamine groups is 1. The summed E-state index contributed by atoms with van der Waals surface area (Å²) >= 11 is 0. The summed E-state index contributed by atoms with van der Waals surface area (Å²) in [6.45, 7) is 10.9. The molecule has 1 amide bonds. The quantitative estimate of drug-likeness (QED) is 0.160. The lowest BCUT2D eigenvalue weighted by atomic mass is 10.2. The van der Waals surface area contributed by atoms with E-state index in [2.05, 4.69) is 40.0 Å². The van der Waals surface area contributed by atoms with Crippen LogP contribution in [0.15, 0.2) is 46.0 Å². The van der Waals surface area contributed by atoms with Crippen molar-refractivity contribution < 1.29 is 19.5 Å². The zero-order valence-corrected chi connectivity index (χ0v) is 23.2. The highest BCUT2D eigenvalue weighted by Gasteiger charge is 2.25. The number of nitrogens with zero attached hydrogens (tertiary/aromatic N) is 8. The van der Waals surface area contributed by atoms with Gasteiger partial charge in [-0.25, -0.2) is 20.4 Å². The number of ether oxygens (including phenoxy) is 2. The highest BCUT2D eigenvalue weighted by atomic mass is 16.5. The highest BCUT2D eigenvalue weighted by molar-refractivity contribution is 6.11. The lowest BCUT2D eigenvalue weighted by Crippen LogP contribution is -2.37. The molecule has 0 radical (unpaired) electrons. The number of morpholine rings is 1. The van der Waals surface area contributed by atoms with Gasteiger partial charge in [0.15, 0.2) is 22.8 Å². The molecule has 212 valence electrons. The Morgan fingerprint density at radius 2 is 1.98 bits per heavy atom. The molecule has 40 heavy (non-hydrogen) atoms. The van der Waals surface area contributed by atoms with Crippen molar-refractivity contribution in [2.45, 2.75) is 26.4 Å². The fourth-order valence-electron chi connectivity index (χ4n) is 4.41. The molecule has 13 nitrogen and oxygen atoms in total. The zero-order valence-electron chi connectivity index (χ0n) is 23.2. The second-order valence-electron chi connectivity index (χ2n) is 9.54. The van der Waals surface area contributed by atoms with Crippen LogP contribution < -0.4 is 15.1 Å². The molecule has 0 bridgehead atoms. The van der Waals surface area contributed by atoms with Crippen LogP contribution in [0.25, 0.3) is 22.6 Å². The van der Waals surface area contributed by atoms with Gasteiger partial charge in [0.1, 0.15) is 11.6 Å². The molecule has 3 heterocycles. The van der Waals surface area contributed by atoms with Gasteiger partial charge >= 0.3 is 0 Å². The lowest BCUT2D eigenvalue weighted by Gasteiger charge is -2.28. The number of benzene rings is 1. The van der Waals surface area contributed by atoms with Crippen molar-refractivity contribution >= 4 is 35.8 Å². The predicted octanol–water partition coefficient (Wildman–Crippen LogP) is 2.47. The molecule has 0 saturated carbocycles. The van der Waals surface area contributed by atoms with Crippen molar-refractivity contribution in [2.24, 2.45) is 9.98 Å². The average Bonchev–Trinajstić information content (AvgIpc) is 3.34. The van der Waals surface area contributed by atoms with Crippen LogP contribution in [-0.4, -0.2) is 95.6 Å². The smallest absolute Gasteiger partial charge is 0.277 e. The van der Waals surface area contributed by atoms with Gasteiger partial charge in [-0.15, -0.1) is 0 Å². The van der Waals surface area contributed by atoms with E-state index >= 15 is 0 Å². The molecule has 4 rings (SSSR count). The summed E-state index contributed by atoms with van der Waals surface area (Å²) in [5.74, 6) is 2.25. The van der Waals surface area contributed by atoms with Crippen molar-refractivity contribution in [3.8, 4) is 17.1 Å². The number of carbonyl (C=O) groups is 1. The number of aromatic nitrogens is 4. The second kappa shape index (κ2) is 13.2. The third-order valence-electron chi connectivity index (χ3n) is 6.33. The molecule has 2 aromatic heterocycles. The van der Waals surface area contributed by atoms with E-state index in [-0.39, 0.29) is 18.3 Å². The van der Waals surface area contributed by atoms with E-state index < -0.39 is 5.91 Å². The van der Waals surface area contributed by atoms with E-state index in [1.165, 1.54) is 12.4 Å². The minimum absolute atomic E-state index is 0.0782. The van der Waals surface area contributed by atoms with E-state index in [0.29, 0.717) is 38.7 Å². The summed E-state index contributed by atoms with van der Waals surface area (Å²) in [6, 6.07) is 7.78. The Kier molecular flexibility index (Phi) is 9.53. The van der Waals surface area contributed by atoms with Crippen molar-refractivity contribution in [3.63, 3.8) is 0 Å². The number of hydrogen-bond donors (Lipinski definition) is 2. The van der Waals surface area contributed by atoms with Crippen molar-refractivity contribution in [3.05, 3.63) is 41.9 Å². The SMILES string of the molecule is C=N/C=C(\C=NCN(C)Cc1nc2c(N3CCOCC3)nc(-c3ccc(OC)cc3)nc2n1C(C)C)C(=O)NO. The molecule has 0 atom stereocenters. The molecule has 2 N–H and O–H groups in total. The van der Waals surface area contributed by atoms with Crippen LogP contribution in [0.3, 0.4) is 0 Å². The van der Waals surface area contributed by atoms with Crippen LogP contribution in [0.1, 0.15) is 25.7 Å². The zero-order chi connectivity index (χ0) is 28.6. The molecule has 1 fully saturated rings. The number of amides is 1. The maximum atomic E-state index is 11.7.